The van der Waals surface area contributed by atoms with Crippen LogP contribution in [0, 0.1) is 0 Å². The number of hydrogen-bond acceptors (Lipinski definition) is 4. The fourth-order valence-electron chi connectivity index (χ4n) is 2.85. The van der Waals surface area contributed by atoms with Crippen molar-refractivity contribution < 1.29 is 9.53 Å². The number of hydrogen-bond donors (Lipinski definition) is 1. The van der Waals surface area contributed by atoms with Gasteiger partial charge in [0.15, 0.2) is 0 Å². The second kappa shape index (κ2) is 5.55. The Bertz CT molecular complexity index is 487. The number of piperazine rings is 1. The molecule has 2 fully saturated rings. The molecule has 2 aliphatic heterocycles. The lowest BCUT2D eigenvalue weighted by atomic mass is 10.2. The standard InChI is InChI=1S/C14H22N4O2/c1-16-7-11(14(15)19)6-12(16)8-17-2-4-18(5-3-17)13-9-20-10-13/h6-7,13H,2-5,8-10H2,1H3,(H2,15,19). The highest BCUT2D eigenvalue weighted by molar-refractivity contribution is 5.92. The zero-order chi connectivity index (χ0) is 14.1. The molecule has 2 saturated heterocycles. The van der Waals surface area contributed by atoms with Crippen LogP contribution in [0.15, 0.2) is 12.3 Å². The first-order valence-corrected chi connectivity index (χ1v) is 7.12. The van der Waals surface area contributed by atoms with E-state index in [1.54, 1.807) is 6.20 Å². The van der Waals surface area contributed by atoms with Crippen LogP contribution in [-0.2, 0) is 18.3 Å². The van der Waals surface area contributed by atoms with Crippen molar-refractivity contribution in [2.75, 3.05) is 39.4 Å². The van der Waals surface area contributed by atoms with E-state index in [1.807, 2.05) is 17.7 Å². The first kappa shape index (κ1) is 13.6. The van der Waals surface area contributed by atoms with Crippen LogP contribution in [0.3, 0.4) is 0 Å². The number of amides is 1. The molecular formula is C14H22N4O2. The van der Waals surface area contributed by atoms with Gasteiger partial charge in [-0.2, -0.15) is 0 Å². The summed E-state index contributed by atoms with van der Waals surface area (Å²) in [5.74, 6) is -0.360. The molecule has 1 amide bonds. The Hall–Kier alpha value is -1.37. The summed E-state index contributed by atoms with van der Waals surface area (Å²) in [6.07, 6.45) is 1.81. The highest BCUT2D eigenvalue weighted by atomic mass is 16.5. The fraction of sp³-hybridized carbons (Fsp3) is 0.643. The molecule has 6 heteroatoms. The molecule has 3 rings (SSSR count). The lowest BCUT2D eigenvalue weighted by Crippen LogP contribution is -2.56. The number of carbonyl (C=O) groups excluding carboxylic acids is 1. The predicted molar refractivity (Wildman–Crippen MR) is 75.4 cm³/mol. The maximum atomic E-state index is 11.2. The summed E-state index contributed by atoms with van der Waals surface area (Å²) in [5.41, 5.74) is 7.05. The highest BCUT2D eigenvalue weighted by Crippen LogP contribution is 2.16. The Morgan fingerprint density at radius 2 is 2.05 bits per heavy atom. The first-order chi connectivity index (χ1) is 9.63. The van der Waals surface area contributed by atoms with Gasteiger partial charge in [-0.25, -0.2) is 0 Å². The van der Waals surface area contributed by atoms with Gasteiger partial charge >= 0.3 is 0 Å². The van der Waals surface area contributed by atoms with Crippen molar-refractivity contribution >= 4 is 5.91 Å². The van der Waals surface area contributed by atoms with E-state index in [0.29, 0.717) is 11.6 Å². The quantitative estimate of drug-likeness (QED) is 0.817. The summed E-state index contributed by atoms with van der Waals surface area (Å²) in [7, 11) is 1.96. The van der Waals surface area contributed by atoms with E-state index in [1.165, 1.54) is 0 Å². The number of primary amides is 1. The number of ether oxygens (including phenoxy) is 1. The van der Waals surface area contributed by atoms with Crippen LogP contribution >= 0.6 is 0 Å². The topological polar surface area (TPSA) is 63.7 Å². The Morgan fingerprint density at radius 1 is 1.35 bits per heavy atom. The Balaban J connectivity index is 1.55. The number of aromatic nitrogens is 1. The van der Waals surface area contributed by atoms with E-state index in [0.717, 1.165) is 51.6 Å². The number of carbonyl (C=O) groups is 1. The summed E-state index contributed by atoms with van der Waals surface area (Å²) < 4.78 is 7.24. The monoisotopic (exact) mass is 278 g/mol. The minimum atomic E-state index is -0.360. The Morgan fingerprint density at radius 3 is 2.55 bits per heavy atom. The lowest BCUT2D eigenvalue weighted by molar-refractivity contribution is -0.0775. The largest absolute Gasteiger partial charge is 0.378 e. The van der Waals surface area contributed by atoms with Gasteiger partial charge in [0.25, 0.3) is 0 Å². The molecule has 110 valence electrons. The molecule has 3 heterocycles. The summed E-state index contributed by atoms with van der Waals surface area (Å²) in [5, 5.41) is 0. The third-order valence-electron chi connectivity index (χ3n) is 4.32. The molecule has 0 unspecified atom stereocenters. The maximum absolute atomic E-state index is 11.2. The van der Waals surface area contributed by atoms with Crippen LogP contribution in [-0.4, -0.2) is 65.7 Å². The number of rotatable bonds is 4. The van der Waals surface area contributed by atoms with E-state index in [9.17, 15) is 4.79 Å². The van der Waals surface area contributed by atoms with Crippen LogP contribution in [0.25, 0.3) is 0 Å². The van der Waals surface area contributed by atoms with Crippen molar-refractivity contribution in [2.24, 2.45) is 12.8 Å². The van der Waals surface area contributed by atoms with Crippen molar-refractivity contribution in [3.05, 3.63) is 23.5 Å². The van der Waals surface area contributed by atoms with Gasteiger partial charge in [0.2, 0.25) is 5.91 Å². The van der Waals surface area contributed by atoms with E-state index < -0.39 is 0 Å². The van der Waals surface area contributed by atoms with Crippen molar-refractivity contribution in [3.63, 3.8) is 0 Å². The van der Waals surface area contributed by atoms with Crippen molar-refractivity contribution in [1.29, 1.82) is 0 Å². The molecule has 1 aromatic rings. The van der Waals surface area contributed by atoms with Crippen molar-refractivity contribution in [1.82, 2.24) is 14.4 Å². The van der Waals surface area contributed by atoms with E-state index in [-0.39, 0.29) is 5.91 Å². The summed E-state index contributed by atoms with van der Waals surface area (Å²) in [6.45, 7) is 6.97. The minimum absolute atomic E-state index is 0.360. The lowest BCUT2D eigenvalue weighted by Gasteiger charge is -2.42. The predicted octanol–water partition coefficient (Wildman–Crippen LogP) is -0.360. The number of nitrogens with two attached hydrogens (primary N) is 1. The van der Waals surface area contributed by atoms with Gasteiger partial charge in [0.1, 0.15) is 0 Å². The van der Waals surface area contributed by atoms with Crippen LogP contribution < -0.4 is 5.73 Å². The molecule has 2 N–H and O–H groups in total. The molecule has 0 aromatic carbocycles. The van der Waals surface area contributed by atoms with Crippen LogP contribution in [0.2, 0.25) is 0 Å². The van der Waals surface area contributed by atoms with E-state index in [2.05, 4.69) is 9.80 Å². The Kier molecular flexibility index (Phi) is 3.78. The molecule has 0 saturated carbocycles. The molecule has 2 aliphatic rings. The maximum Gasteiger partial charge on any atom is 0.250 e. The average molecular weight is 278 g/mol. The normalized spacial score (nSPS) is 21.9. The average Bonchev–Trinajstić information content (AvgIpc) is 2.72. The zero-order valence-electron chi connectivity index (χ0n) is 11.9. The van der Waals surface area contributed by atoms with Crippen molar-refractivity contribution in [2.45, 2.75) is 12.6 Å². The first-order valence-electron chi connectivity index (χ1n) is 7.12. The molecular weight excluding hydrogens is 256 g/mol. The molecule has 0 atom stereocenters. The molecule has 0 spiro atoms. The molecule has 1 aromatic heterocycles. The van der Waals surface area contributed by atoms with Gasteiger partial charge < -0.3 is 15.0 Å². The fourth-order valence-corrected chi connectivity index (χ4v) is 2.85. The van der Waals surface area contributed by atoms with Gasteiger partial charge in [-0.05, 0) is 6.07 Å². The molecule has 20 heavy (non-hydrogen) atoms. The second-order valence-corrected chi connectivity index (χ2v) is 5.70. The molecule has 0 radical (unpaired) electrons. The van der Waals surface area contributed by atoms with Crippen LogP contribution in [0.4, 0.5) is 0 Å². The van der Waals surface area contributed by atoms with E-state index in [4.69, 9.17) is 10.5 Å². The van der Waals surface area contributed by atoms with Gasteiger partial charge in [0, 0.05) is 51.7 Å². The van der Waals surface area contributed by atoms with Crippen molar-refractivity contribution in [3.8, 4) is 0 Å². The van der Waals surface area contributed by atoms with Gasteiger partial charge in [-0.15, -0.1) is 0 Å². The Labute approximate surface area is 119 Å². The van der Waals surface area contributed by atoms with Gasteiger partial charge in [0.05, 0.1) is 24.8 Å². The summed E-state index contributed by atoms with van der Waals surface area (Å²) >= 11 is 0. The third-order valence-corrected chi connectivity index (χ3v) is 4.32. The molecule has 0 bridgehead atoms. The summed E-state index contributed by atoms with van der Waals surface area (Å²) in [4.78, 5) is 16.1. The smallest absolute Gasteiger partial charge is 0.250 e. The van der Waals surface area contributed by atoms with Gasteiger partial charge in [-0.3, -0.25) is 14.6 Å². The molecule has 6 nitrogen and oxygen atoms in total. The van der Waals surface area contributed by atoms with Gasteiger partial charge in [-0.1, -0.05) is 0 Å². The SMILES string of the molecule is Cn1cc(C(N)=O)cc1CN1CCN(C2COC2)CC1. The van der Waals surface area contributed by atoms with Crippen LogP contribution in [0.1, 0.15) is 16.1 Å². The minimum Gasteiger partial charge on any atom is -0.378 e. The third kappa shape index (κ3) is 2.72. The second-order valence-electron chi connectivity index (χ2n) is 5.70. The number of aryl methyl sites for hydroxylation is 1. The van der Waals surface area contributed by atoms with E-state index >= 15 is 0 Å². The number of nitrogens with zero attached hydrogens (tertiary/aromatic N) is 3. The highest BCUT2D eigenvalue weighted by Gasteiger charge is 2.28. The molecule has 0 aliphatic carbocycles. The zero-order valence-corrected chi connectivity index (χ0v) is 11.9. The summed E-state index contributed by atoms with van der Waals surface area (Å²) in [6, 6.07) is 2.53. The van der Waals surface area contributed by atoms with Crippen LogP contribution in [0.5, 0.6) is 0 Å².